The van der Waals surface area contributed by atoms with Crippen LogP contribution in [-0.2, 0) is 0 Å². The molecule has 0 aliphatic heterocycles. The van der Waals surface area contributed by atoms with E-state index in [0.29, 0.717) is 0 Å². The average Bonchev–Trinajstić information content (AvgIpc) is 2.94. The summed E-state index contributed by atoms with van der Waals surface area (Å²) in [6.07, 6.45) is 5.40. The number of rotatable bonds is 2. The molecule has 3 rings (SSSR count). The Morgan fingerprint density at radius 3 is 2.47 bits per heavy atom. The molecular weight excluding hydrogens is 210 g/mol. The quantitative estimate of drug-likeness (QED) is 0.722. The van der Waals surface area contributed by atoms with Crippen molar-refractivity contribution in [3.05, 3.63) is 61.1 Å². The van der Waals surface area contributed by atoms with Gasteiger partial charge in [0.15, 0.2) is 0 Å². The number of aromatic amines is 1. The van der Waals surface area contributed by atoms with Gasteiger partial charge in [0.2, 0.25) is 0 Å². The van der Waals surface area contributed by atoms with Crippen LogP contribution >= 0.6 is 0 Å². The predicted molar refractivity (Wildman–Crippen MR) is 67.3 cm³/mol. The van der Waals surface area contributed by atoms with Gasteiger partial charge in [-0.1, -0.05) is 24.3 Å². The lowest BCUT2D eigenvalue weighted by molar-refractivity contribution is 1.10. The van der Waals surface area contributed by atoms with E-state index >= 15 is 0 Å². The molecule has 0 spiro atoms. The van der Waals surface area contributed by atoms with Gasteiger partial charge in [-0.2, -0.15) is 5.10 Å². The van der Waals surface area contributed by atoms with E-state index in [1.54, 1.807) is 12.4 Å². The summed E-state index contributed by atoms with van der Waals surface area (Å²) in [6, 6.07) is 14.3. The molecule has 0 unspecified atom stereocenters. The second-order valence-corrected chi connectivity index (χ2v) is 3.79. The molecule has 0 saturated carbocycles. The molecule has 0 aliphatic carbocycles. The van der Waals surface area contributed by atoms with Crippen LogP contribution in [0, 0.1) is 0 Å². The molecule has 0 saturated heterocycles. The summed E-state index contributed by atoms with van der Waals surface area (Å²) in [5.74, 6) is 0. The van der Waals surface area contributed by atoms with Crippen molar-refractivity contribution in [3.8, 4) is 22.4 Å². The molecule has 0 amide bonds. The lowest BCUT2D eigenvalue weighted by Gasteiger charge is -2.03. The zero-order valence-electron chi connectivity index (χ0n) is 9.17. The van der Waals surface area contributed by atoms with Crippen LogP contribution in [0.15, 0.2) is 61.1 Å². The first-order valence-corrected chi connectivity index (χ1v) is 5.44. The van der Waals surface area contributed by atoms with Gasteiger partial charge in [0, 0.05) is 29.7 Å². The molecule has 2 aromatic heterocycles. The summed E-state index contributed by atoms with van der Waals surface area (Å²) < 4.78 is 0. The van der Waals surface area contributed by atoms with E-state index in [9.17, 15) is 0 Å². The highest BCUT2D eigenvalue weighted by Gasteiger charge is 2.01. The number of benzene rings is 1. The van der Waals surface area contributed by atoms with Crippen molar-refractivity contribution in [1.82, 2.24) is 15.2 Å². The lowest BCUT2D eigenvalue weighted by Crippen LogP contribution is -1.82. The summed E-state index contributed by atoms with van der Waals surface area (Å²) >= 11 is 0. The molecular formula is C14H11N3. The Labute approximate surface area is 99.2 Å². The third-order valence-electron chi connectivity index (χ3n) is 2.67. The van der Waals surface area contributed by atoms with Crippen LogP contribution in [0.4, 0.5) is 0 Å². The first kappa shape index (κ1) is 9.78. The van der Waals surface area contributed by atoms with E-state index in [2.05, 4.69) is 39.4 Å². The fourth-order valence-electron chi connectivity index (χ4n) is 1.82. The van der Waals surface area contributed by atoms with Crippen LogP contribution < -0.4 is 0 Å². The van der Waals surface area contributed by atoms with E-state index in [1.807, 2.05) is 24.4 Å². The zero-order chi connectivity index (χ0) is 11.5. The van der Waals surface area contributed by atoms with Crippen LogP contribution in [0.2, 0.25) is 0 Å². The topological polar surface area (TPSA) is 41.6 Å². The standard InChI is InChI=1S/C14H11N3/c1-3-11(13-5-2-7-15-10-13)9-12(4-1)14-6-8-16-17-14/h1-10H,(H,16,17). The minimum absolute atomic E-state index is 1.02. The van der Waals surface area contributed by atoms with Crippen molar-refractivity contribution in [1.29, 1.82) is 0 Å². The molecule has 0 aliphatic rings. The van der Waals surface area contributed by atoms with E-state index in [1.165, 1.54) is 0 Å². The number of aromatic nitrogens is 3. The van der Waals surface area contributed by atoms with Crippen LogP contribution in [-0.4, -0.2) is 15.2 Å². The Morgan fingerprint density at radius 2 is 1.71 bits per heavy atom. The predicted octanol–water partition coefficient (Wildman–Crippen LogP) is 3.14. The van der Waals surface area contributed by atoms with Crippen LogP contribution in [0.5, 0.6) is 0 Å². The van der Waals surface area contributed by atoms with Gasteiger partial charge in [-0.25, -0.2) is 0 Å². The fraction of sp³-hybridized carbons (Fsp3) is 0. The van der Waals surface area contributed by atoms with Crippen molar-refractivity contribution in [2.24, 2.45) is 0 Å². The Hall–Kier alpha value is -2.42. The molecule has 82 valence electrons. The summed E-state index contributed by atoms with van der Waals surface area (Å²) in [4.78, 5) is 4.13. The second-order valence-electron chi connectivity index (χ2n) is 3.79. The fourth-order valence-corrected chi connectivity index (χ4v) is 1.82. The molecule has 0 atom stereocenters. The molecule has 1 aromatic carbocycles. The maximum Gasteiger partial charge on any atom is 0.0650 e. The van der Waals surface area contributed by atoms with E-state index in [0.717, 1.165) is 22.4 Å². The van der Waals surface area contributed by atoms with Crippen molar-refractivity contribution in [2.45, 2.75) is 0 Å². The van der Waals surface area contributed by atoms with Gasteiger partial charge < -0.3 is 0 Å². The first-order valence-electron chi connectivity index (χ1n) is 5.44. The molecule has 2 heterocycles. The van der Waals surface area contributed by atoms with Crippen LogP contribution in [0.1, 0.15) is 0 Å². The first-order chi connectivity index (χ1) is 8.43. The minimum Gasteiger partial charge on any atom is -0.278 e. The number of nitrogens with one attached hydrogen (secondary N) is 1. The molecule has 3 nitrogen and oxygen atoms in total. The third-order valence-corrected chi connectivity index (χ3v) is 2.67. The molecule has 3 heteroatoms. The Kier molecular flexibility index (Phi) is 2.43. The molecule has 0 radical (unpaired) electrons. The summed E-state index contributed by atoms with van der Waals surface area (Å²) in [5, 5.41) is 6.93. The van der Waals surface area contributed by atoms with Crippen molar-refractivity contribution < 1.29 is 0 Å². The van der Waals surface area contributed by atoms with E-state index < -0.39 is 0 Å². The molecule has 0 bridgehead atoms. The zero-order valence-corrected chi connectivity index (χ0v) is 9.17. The van der Waals surface area contributed by atoms with Crippen LogP contribution in [0.3, 0.4) is 0 Å². The maximum absolute atomic E-state index is 4.13. The normalized spacial score (nSPS) is 10.4. The SMILES string of the molecule is c1cncc(-c2cccc(-c3ccn[nH]3)c2)c1. The minimum atomic E-state index is 1.02. The largest absolute Gasteiger partial charge is 0.278 e. The maximum atomic E-state index is 4.13. The monoisotopic (exact) mass is 221 g/mol. The van der Waals surface area contributed by atoms with Crippen LogP contribution in [0.25, 0.3) is 22.4 Å². The van der Waals surface area contributed by atoms with Gasteiger partial charge in [0.05, 0.1) is 5.69 Å². The molecule has 17 heavy (non-hydrogen) atoms. The molecule has 0 fully saturated rings. The van der Waals surface area contributed by atoms with E-state index in [-0.39, 0.29) is 0 Å². The highest BCUT2D eigenvalue weighted by atomic mass is 15.1. The summed E-state index contributed by atoms with van der Waals surface area (Å²) in [6.45, 7) is 0. The second kappa shape index (κ2) is 4.22. The lowest BCUT2D eigenvalue weighted by atomic mass is 10.0. The van der Waals surface area contributed by atoms with Crippen molar-refractivity contribution in [3.63, 3.8) is 0 Å². The Bertz CT molecular complexity index is 600. The summed E-state index contributed by atoms with van der Waals surface area (Å²) in [5.41, 5.74) is 4.43. The van der Waals surface area contributed by atoms with Gasteiger partial charge in [0.1, 0.15) is 0 Å². The van der Waals surface area contributed by atoms with Gasteiger partial charge in [0.25, 0.3) is 0 Å². The van der Waals surface area contributed by atoms with Gasteiger partial charge in [-0.3, -0.25) is 10.1 Å². The van der Waals surface area contributed by atoms with Gasteiger partial charge in [-0.15, -0.1) is 0 Å². The Balaban J connectivity index is 2.06. The number of hydrogen-bond acceptors (Lipinski definition) is 2. The molecule has 1 N–H and O–H groups in total. The van der Waals surface area contributed by atoms with E-state index in [4.69, 9.17) is 0 Å². The van der Waals surface area contributed by atoms with Crippen molar-refractivity contribution >= 4 is 0 Å². The average molecular weight is 221 g/mol. The summed E-state index contributed by atoms with van der Waals surface area (Å²) in [7, 11) is 0. The number of pyridine rings is 1. The van der Waals surface area contributed by atoms with Gasteiger partial charge in [-0.05, 0) is 23.8 Å². The highest BCUT2D eigenvalue weighted by Crippen LogP contribution is 2.24. The highest BCUT2D eigenvalue weighted by molar-refractivity contribution is 5.70. The number of hydrogen-bond donors (Lipinski definition) is 1. The molecule has 3 aromatic rings. The van der Waals surface area contributed by atoms with Crippen molar-refractivity contribution in [2.75, 3.05) is 0 Å². The Morgan fingerprint density at radius 1 is 0.824 bits per heavy atom. The third kappa shape index (κ3) is 1.95. The smallest absolute Gasteiger partial charge is 0.0650 e. The van der Waals surface area contributed by atoms with Gasteiger partial charge >= 0.3 is 0 Å². The number of H-pyrrole nitrogens is 1. The number of nitrogens with zero attached hydrogens (tertiary/aromatic N) is 2.